The highest BCUT2D eigenvalue weighted by Crippen LogP contribution is 2.52. The van der Waals surface area contributed by atoms with E-state index in [4.69, 9.17) is 4.74 Å². The van der Waals surface area contributed by atoms with E-state index in [0.717, 1.165) is 22.4 Å². The van der Waals surface area contributed by atoms with Crippen molar-refractivity contribution in [2.45, 2.75) is 20.3 Å². The van der Waals surface area contributed by atoms with Crippen molar-refractivity contribution < 1.29 is 23.9 Å². The molecule has 1 aliphatic heterocycles. The Morgan fingerprint density at radius 2 is 1.64 bits per heavy atom. The number of fused-ring (bicyclic) bond motifs is 5. The molecule has 7 heteroatoms. The summed E-state index contributed by atoms with van der Waals surface area (Å²) in [6, 6.07) is 5.64. The predicted molar refractivity (Wildman–Crippen MR) is 99.9 cm³/mol. The van der Waals surface area contributed by atoms with Gasteiger partial charge in [0, 0.05) is 5.69 Å². The minimum absolute atomic E-state index is 0.0931. The Morgan fingerprint density at radius 1 is 1.07 bits per heavy atom. The normalized spacial score (nSPS) is 27.3. The molecule has 1 saturated carbocycles. The van der Waals surface area contributed by atoms with Crippen molar-refractivity contribution in [3.63, 3.8) is 0 Å². The number of hydrogen-bond donors (Lipinski definition) is 1. The Balaban J connectivity index is 1.31. The number of ether oxygens (including phenoxy) is 1. The molecular weight excluding hydrogens is 360 g/mol. The van der Waals surface area contributed by atoms with Crippen LogP contribution in [0.25, 0.3) is 0 Å². The van der Waals surface area contributed by atoms with E-state index in [9.17, 15) is 19.2 Å². The van der Waals surface area contributed by atoms with Crippen molar-refractivity contribution in [3.05, 3.63) is 41.5 Å². The predicted octanol–water partition coefficient (Wildman–Crippen LogP) is 1.59. The Bertz CT molecular complexity index is 856. The van der Waals surface area contributed by atoms with Gasteiger partial charge in [-0.1, -0.05) is 30.4 Å². The molecule has 1 N–H and O–H groups in total. The molecule has 1 saturated heterocycles. The SMILES string of the molecule is Cc1cccc(C)c1NC(=O)COC(=O)CN1C(=O)[C@@H]2[C@H](C1=O)[C@@H]1C=C[C@H]2C1. The number of carbonyl (C=O) groups is 4. The molecule has 1 aromatic rings. The number of hydrogen-bond acceptors (Lipinski definition) is 5. The number of likely N-dealkylation sites (tertiary alicyclic amines) is 1. The highest BCUT2D eigenvalue weighted by molar-refractivity contribution is 6.08. The van der Waals surface area contributed by atoms with Crippen LogP contribution in [-0.4, -0.2) is 41.7 Å². The second-order valence-electron chi connectivity index (χ2n) is 7.74. The van der Waals surface area contributed by atoms with Gasteiger partial charge in [0.05, 0.1) is 11.8 Å². The first-order valence-corrected chi connectivity index (χ1v) is 9.42. The zero-order chi connectivity index (χ0) is 20.0. The van der Waals surface area contributed by atoms with Crippen molar-refractivity contribution in [2.24, 2.45) is 23.7 Å². The highest BCUT2D eigenvalue weighted by atomic mass is 16.5. The first-order chi connectivity index (χ1) is 13.4. The molecule has 28 heavy (non-hydrogen) atoms. The summed E-state index contributed by atoms with van der Waals surface area (Å²) in [6.07, 6.45) is 4.83. The molecule has 0 spiro atoms. The van der Waals surface area contributed by atoms with Gasteiger partial charge >= 0.3 is 5.97 Å². The number of rotatable bonds is 5. The van der Waals surface area contributed by atoms with Crippen LogP contribution in [-0.2, 0) is 23.9 Å². The highest BCUT2D eigenvalue weighted by Gasteiger charge is 2.59. The Labute approximate surface area is 162 Å². The fourth-order valence-electron chi connectivity index (χ4n) is 4.63. The molecular formula is C21H22N2O5. The maximum Gasteiger partial charge on any atom is 0.326 e. The summed E-state index contributed by atoms with van der Waals surface area (Å²) >= 11 is 0. The molecule has 2 bridgehead atoms. The molecule has 7 nitrogen and oxygen atoms in total. The van der Waals surface area contributed by atoms with Gasteiger partial charge in [0.25, 0.3) is 5.91 Å². The van der Waals surface area contributed by atoms with Gasteiger partial charge in [0.2, 0.25) is 11.8 Å². The number of carbonyl (C=O) groups excluding carboxylic acids is 4. The quantitative estimate of drug-likeness (QED) is 0.474. The van der Waals surface area contributed by atoms with E-state index in [1.807, 2.05) is 44.2 Å². The lowest BCUT2D eigenvalue weighted by atomic mass is 9.85. The van der Waals surface area contributed by atoms with E-state index in [0.29, 0.717) is 5.69 Å². The first kappa shape index (κ1) is 18.4. The molecule has 1 heterocycles. The number of aryl methyl sites for hydroxylation is 2. The molecule has 4 atom stereocenters. The largest absolute Gasteiger partial charge is 0.454 e. The molecule has 0 aromatic heterocycles. The first-order valence-electron chi connectivity index (χ1n) is 9.42. The van der Waals surface area contributed by atoms with Crippen LogP contribution in [0.3, 0.4) is 0 Å². The number of nitrogens with one attached hydrogen (secondary N) is 1. The van der Waals surface area contributed by atoms with E-state index in [1.54, 1.807) is 0 Å². The van der Waals surface area contributed by atoms with Crippen LogP contribution in [0.15, 0.2) is 30.4 Å². The van der Waals surface area contributed by atoms with Crippen LogP contribution < -0.4 is 5.32 Å². The molecule has 3 amide bonds. The average Bonchev–Trinajstić information content (AvgIpc) is 3.33. The van der Waals surface area contributed by atoms with Crippen molar-refractivity contribution in [3.8, 4) is 0 Å². The third-order valence-electron chi connectivity index (χ3n) is 5.96. The van der Waals surface area contributed by atoms with Gasteiger partial charge in [0.15, 0.2) is 6.61 Å². The Hall–Kier alpha value is -2.96. The number of amides is 3. The van der Waals surface area contributed by atoms with Crippen LogP contribution in [0.4, 0.5) is 5.69 Å². The van der Waals surface area contributed by atoms with Gasteiger partial charge in [0.1, 0.15) is 6.54 Å². The molecule has 146 valence electrons. The third kappa shape index (κ3) is 3.00. The van der Waals surface area contributed by atoms with Crippen LogP contribution in [0.5, 0.6) is 0 Å². The minimum atomic E-state index is -0.765. The summed E-state index contributed by atoms with van der Waals surface area (Å²) in [4.78, 5) is 50.3. The third-order valence-corrected chi connectivity index (χ3v) is 5.96. The van der Waals surface area contributed by atoms with Crippen LogP contribution >= 0.6 is 0 Å². The molecule has 1 aromatic carbocycles. The fourth-order valence-corrected chi connectivity index (χ4v) is 4.63. The standard InChI is InChI=1S/C21H22N2O5/c1-11-4-3-5-12(2)19(11)22-15(24)10-28-16(25)9-23-20(26)17-13-6-7-14(8-13)18(17)21(23)27/h3-7,13-14,17-18H,8-10H2,1-2H3,(H,22,24)/t13-,14+,17-,18+. The number of nitrogens with zero attached hydrogens (tertiary/aromatic N) is 1. The van der Waals surface area contributed by atoms with Gasteiger partial charge in [-0.05, 0) is 43.2 Å². The van der Waals surface area contributed by atoms with Crippen LogP contribution in [0.2, 0.25) is 0 Å². The average molecular weight is 382 g/mol. The molecule has 0 unspecified atom stereocenters. The van der Waals surface area contributed by atoms with E-state index in [2.05, 4.69) is 5.32 Å². The molecule has 0 radical (unpaired) electrons. The Morgan fingerprint density at radius 3 is 2.21 bits per heavy atom. The summed E-state index contributed by atoms with van der Waals surface area (Å²) in [7, 11) is 0. The molecule has 2 aliphatic carbocycles. The summed E-state index contributed by atoms with van der Waals surface area (Å²) in [5.41, 5.74) is 2.50. The van der Waals surface area contributed by atoms with Crippen LogP contribution in [0.1, 0.15) is 17.5 Å². The second kappa shape index (κ2) is 6.89. The number of allylic oxidation sites excluding steroid dienone is 2. The number of esters is 1. The van der Waals surface area contributed by atoms with Crippen molar-refractivity contribution in [2.75, 3.05) is 18.5 Å². The summed E-state index contributed by atoms with van der Waals surface area (Å²) < 4.78 is 4.99. The van der Waals surface area contributed by atoms with Crippen molar-refractivity contribution in [1.82, 2.24) is 4.90 Å². The molecule has 4 rings (SSSR count). The maximum atomic E-state index is 12.6. The van der Waals surface area contributed by atoms with E-state index >= 15 is 0 Å². The van der Waals surface area contributed by atoms with E-state index in [1.165, 1.54) is 0 Å². The molecule has 3 aliphatic rings. The van der Waals surface area contributed by atoms with Crippen LogP contribution in [0, 0.1) is 37.5 Å². The number of para-hydroxylation sites is 1. The zero-order valence-corrected chi connectivity index (χ0v) is 15.8. The van der Waals surface area contributed by atoms with Gasteiger partial charge < -0.3 is 10.1 Å². The lowest BCUT2D eigenvalue weighted by Gasteiger charge is -2.16. The number of imide groups is 1. The lowest BCUT2D eigenvalue weighted by Crippen LogP contribution is -2.38. The van der Waals surface area contributed by atoms with E-state index < -0.39 is 25.0 Å². The summed E-state index contributed by atoms with van der Waals surface area (Å²) in [5.74, 6) is -2.34. The smallest absolute Gasteiger partial charge is 0.326 e. The van der Waals surface area contributed by atoms with E-state index in [-0.39, 0.29) is 35.5 Å². The van der Waals surface area contributed by atoms with Gasteiger partial charge in [-0.25, -0.2) is 0 Å². The lowest BCUT2D eigenvalue weighted by molar-refractivity contribution is -0.154. The van der Waals surface area contributed by atoms with Crippen molar-refractivity contribution in [1.29, 1.82) is 0 Å². The summed E-state index contributed by atoms with van der Waals surface area (Å²) in [6.45, 7) is 2.83. The minimum Gasteiger partial charge on any atom is -0.454 e. The Kier molecular flexibility index (Phi) is 4.53. The number of benzene rings is 1. The topological polar surface area (TPSA) is 92.8 Å². The maximum absolute atomic E-state index is 12.6. The molecule has 2 fully saturated rings. The number of anilines is 1. The zero-order valence-electron chi connectivity index (χ0n) is 15.8. The second-order valence-corrected chi connectivity index (χ2v) is 7.74. The van der Waals surface area contributed by atoms with Gasteiger partial charge in [-0.15, -0.1) is 0 Å². The van der Waals surface area contributed by atoms with Crippen molar-refractivity contribution >= 4 is 29.4 Å². The fraction of sp³-hybridized carbons (Fsp3) is 0.429. The summed E-state index contributed by atoms with van der Waals surface area (Å²) in [5, 5.41) is 2.73. The monoisotopic (exact) mass is 382 g/mol. The van der Waals surface area contributed by atoms with Gasteiger partial charge in [-0.2, -0.15) is 0 Å². The van der Waals surface area contributed by atoms with Gasteiger partial charge in [-0.3, -0.25) is 24.1 Å².